The van der Waals surface area contributed by atoms with Gasteiger partial charge in [-0.1, -0.05) is 55.8 Å². The zero-order valence-electron chi connectivity index (χ0n) is 13.2. The Bertz CT molecular complexity index is 653. The monoisotopic (exact) mass is 320 g/mol. The van der Waals surface area contributed by atoms with E-state index in [1.807, 2.05) is 13.0 Å². The molecule has 0 spiro atoms. The van der Waals surface area contributed by atoms with Crippen molar-refractivity contribution in [2.24, 2.45) is 0 Å². The van der Waals surface area contributed by atoms with E-state index in [4.69, 9.17) is 0 Å². The molecule has 0 fully saturated rings. The van der Waals surface area contributed by atoms with Gasteiger partial charge in [0.15, 0.2) is 0 Å². The molecule has 0 N–H and O–H groups in total. The largest absolute Gasteiger partial charge is 0.573 e. The Kier molecular flexibility index (Phi) is 5.48. The van der Waals surface area contributed by atoms with E-state index in [0.29, 0.717) is 0 Å². The minimum absolute atomic E-state index is 0.210. The van der Waals surface area contributed by atoms with Crippen molar-refractivity contribution in [2.45, 2.75) is 33.1 Å². The lowest BCUT2D eigenvalue weighted by molar-refractivity contribution is -0.274. The number of rotatable bonds is 5. The van der Waals surface area contributed by atoms with E-state index in [-0.39, 0.29) is 5.75 Å². The minimum Gasteiger partial charge on any atom is -0.406 e. The Balaban J connectivity index is 2.11. The molecule has 2 aromatic rings. The zero-order chi connectivity index (χ0) is 16.9. The molecule has 0 unspecified atom stereocenters. The summed E-state index contributed by atoms with van der Waals surface area (Å²) in [4.78, 5) is 0. The molecular formula is C19H19F3O. The number of ether oxygens (including phenoxy) is 1. The molecule has 0 saturated carbocycles. The third-order valence-corrected chi connectivity index (χ3v) is 3.44. The van der Waals surface area contributed by atoms with Crippen molar-refractivity contribution in [3.8, 4) is 5.75 Å². The maximum atomic E-state index is 12.1. The third-order valence-electron chi connectivity index (χ3n) is 3.44. The quantitative estimate of drug-likeness (QED) is 0.605. The van der Waals surface area contributed by atoms with Gasteiger partial charge in [0.05, 0.1) is 0 Å². The lowest BCUT2D eigenvalue weighted by atomic mass is 10.0. The summed E-state index contributed by atoms with van der Waals surface area (Å²) in [5.41, 5.74) is 4.21. The van der Waals surface area contributed by atoms with E-state index in [0.717, 1.165) is 29.5 Å². The van der Waals surface area contributed by atoms with Crippen molar-refractivity contribution in [3.63, 3.8) is 0 Å². The molecule has 2 rings (SSSR count). The lowest BCUT2D eigenvalue weighted by Gasteiger charge is -2.09. The summed E-state index contributed by atoms with van der Waals surface area (Å²) in [7, 11) is 0. The van der Waals surface area contributed by atoms with Gasteiger partial charge in [-0.25, -0.2) is 0 Å². The molecule has 4 heteroatoms. The Morgan fingerprint density at radius 3 is 2.13 bits per heavy atom. The first-order valence-corrected chi connectivity index (χ1v) is 7.51. The topological polar surface area (TPSA) is 9.23 Å². The first-order valence-electron chi connectivity index (χ1n) is 7.51. The molecule has 23 heavy (non-hydrogen) atoms. The van der Waals surface area contributed by atoms with E-state index in [2.05, 4.69) is 35.9 Å². The maximum absolute atomic E-state index is 12.1. The van der Waals surface area contributed by atoms with Crippen LogP contribution in [-0.4, -0.2) is 6.36 Å². The summed E-state index contributed by atoms with van der Waals surface area (Å²) in [6.45, 7) is 4.07. The average molecular weight is 320 g/mol. The van der Waals surface area contributed by atoms with Crippen LogP contribution in [0.1, 0.15) is 37.0 Å². The fourth-order valence-electron chi connectivity index (χ4n) is 2.32. The van der Waals surface area contributed by atoms with Crippen LogP contribution in [0.15, 0.2) is 48.5 Å². The smallest absolute Gasteiger partial charge is 0.406 e. The Morgan fingerprint density at radius 1 is 1.00 bits per heavy atom. The van der Waals surface area contributed by atoms with Gasteiger partial charge in [-0.3, -0.25) is 0 Å². The number of hydrogen-bond acceptors (Lipinski definition) is 1. The molecule has 0 aliphatic heterocycles. The second-order valence-electron chi connectivity index (χ2n) is 5.39. The summed E-state index contributed by atoms with van der Waals surface area (Å²) in [5, 5.41) is 0. The van der Waals surface area contributed by atoms with Crippen molar-refractivity contribution in [3.05, 3.63) is 65.2 Å². The predicted octanol–water partition coefficient (Wildman–Crippen LogP) is 6.10. The Labute approximate surface area is 134 Å². The second kappa shape index (κ2) is 7.36. The standard InChI is InChI=1S/C19H19F3O/c1-3-4-15-5-7-16(8-6-15)13-14(2)17-9-11-18(12-10-17)23-19(20,21)22/h5-13H,3-4H2,1-2H3/b14-13+. The zero-order valence-corrected chi connectivity index (χ0v) is 13.2. The van der Waals surface area contributed by atoms with Gasteiger partial charge in [0, 0.05) is 0 Å². The molecule has 1 nitrogen and oxygen atoms in total. The van der Waals surface area contributed by atoms with Crippen LogP contribution in [-0.2, 0) is 6.42 Å². The van der Waals surface area contributed by atoms with Crippen LogP contribution in [0.2, 0.25) is 0 Å². The van der Waals surface area contributed by atoms with Crippen LogP contribution in [0.5, 0.6) is 5.75 Å². The molecule has 0 radical (unpaired) electrons. The highest BCUT2D eigenvalue weighted by atomic mass is 19.4. The highest BCUT2D eigenvalue weighted by molar-refractivity contribution is 5.80. The molecule has 122 valence electrons. The Morgan fingerprint density at radius 2 is 1.61 bits per heavy atom. The molecule has 0 aliphatic rings. The maximum Gasteiger partial charge on any atom is 0.573 e. The van der Waals surface area contributed by atoms with E-state index in [9.17, 15) is 13.2 Å². The first kappa shape index (κ1) is 17.1. The van der Waals surface area contributed by atoms with E-state index in [1.54, 1.807) is 12.1 Å². The lowest BCUT2D eigenvalue weighted by Crippen LogP contribution is -2.16. The summed E-state index contributed by atoms with van der Waals surface area (Å²) in [5.74, 6) is -0.210. The molecule has 2 aromatic carbocycles. The molecule has 0 saturated heterocycles. The van der Waals surface area contributed by atoms with Gasteiger partial charge < -0.3 is 4.74 Å². The second-order valence-corrected chi connectivity index (χ2v) is 5.39. The summed E-state index contributed by atoms with van der Waals surface area (Å²) in [6, 6.07) is 14.2. The molecular weight excluding hydrogens is 301 g/mol. The van der Waals surface area contributed by atoms with E-state index in [1.165, 1.54) is 17.7 Å². The van der Waals surface area contributed by atoms with Crippen LogP contribution in [0.25, 0.3) is 11.6 Å². The fourth-order valence-corrected chi connectivity index (χ4v) is 2.32. The van der Waals surface area contributed by atoms with E-state index < -0.39 is 6.36 Å². The highest BCUT2D eigenvalue weighted by Gasteiger charge is 2.30. The van der Waals surface area contributed by atoms with Crippen molar-refractivity contribution in [1.29, 1.82) is 0 Å². The summed E-state index contributed by atoms with van der Waals surface area (Å²) < 4.78 is 40.3. The molecule has 0 aromatic heterocycles. The van der Waals surface area contributed by atoms with Crippen molar-refractivity contribution < 1.29 is 17.9 Å². The predicted molar refractivity (Wildman–Crippen MR) is 87.1 cm³/mol. The Hall–Kier alpha value is -2.23. The van der Waals surface area contributed by atoms with Gasteiger partial charge in [-0.15, -0.1) is 13.2 Å². The molecule has 0 amide bonds. The molecule has 0 atom stereocenters. The minimum atomic E-state index is -4.66. The van der Waals surface area contributed by atoms with Gasteiger partial charge >= 0.3 is 6.36 Å². The summed E-state index contributed by atoms with van der Waals surface area (Å²) in [6.07, 6.45) is -0.480. The SMILES string of the molecule is CCCc1ccc(/C=C(\C)c2ccc(OC(F)(F)F)cc2)cc1. The van der Waals surface area contributed by atoms with Gasteiger partial charge in [0.2, 0.25) is 0 Å². The van der Waals surface area contributed by atoms with Crippen LogP contribution >= 0.6 is 0 Å². The van der Waals surface area contributed by atoms with Crippen molar-refractivity contribution in [1.82, 2.24) is 0 Å². The van der Waals surface area contributed by atoms with Crippen molar-refractivity contribution in [2.75, 3.05) is 0 Å². The van der Waals surface area contributed by atoms with Crippen LogP contribution < -0.4 is 4.74 Å². The molecule has 0 heterocycles. The van der Waals surface area contributed by atoms with Gasteiger partial charge in [0.25, 0.3) is 0 Å². The van der Waals surface area contributed by atoms with Crippen LogP contribution in [0.4, 0.5) is 13.2 Å². The van der Waals surface area contributed by atoms with E-state index >= 15 is 0 Å². The number of hydrogen-bond donors (Lipinski definition) is 0. The summed E-state index contributed by atoms with van der Waals surface area (Å²) >= 11 is 0. The fraction of sp³-hybridized carbons (Fsp3) is 0.263. The number of halogens is 3. The van der Waals surface area contributed by atoms with Crippen LogP contribution in [0.3, 0.4) is 0 Å². The normalized spacial score (nSPS) is 12.3. The number of benzene rings is 2. The third kappa shape index (κ3) is 5.47. The number of aryl methyl sites for hydroxylation is 1. The molecule has 0 bridgehead atoms. The van der Waals surface area contributed by atoms with Gasteiger partial charge in [-0.2, -0.15) is 0 Å². The van der Waals surface area contributed by atoms with Gasteiger partial charge in [0.1, 0.15) is 5.75 Å². The van der Waals surface area contributed by atoms with Crippen molar-refractivity contribution >= 4 is 11.6 Å². The first-order chi connectivity index (χ1) is 10.9. The average Bonchev–Trinajstić information content (AvgIpc) is 2.48. The van der Waals surface area contributed by atoms with Crippen LogP contribution in [0, 0.1) is 0 Å². The highest BCUT2D eigenvalue weighted by Crippen LogP contribution is 2.25. The number of alkyl halides is 3. The molecule has 0 aliphatic carbocycles. The number of allylic oxidation sites excluding steroid dienone is 1. The van der Waals surface area contributed by atoms with Gasteiger partial charge in [-0.05, 0) is 47.7 Å².